The second kappa shape index (κ2) is 9.90. The summed E-state index contributed by atoms with van der Waals surface area (Å²) in [5, 5.41) is 16.3. The molecule has 0 bridgehead atoms. The molecule has 4 aliphatic rings. The number of anilines is 2. The van der Waals surface area contributed by atoms with Crippen molar-refractivity contribution in [3.63, 3.8) is 0 Å². The van der Waals surface area contributed by atoms with Gasteiger partial charge in [0, 0.05) is 11.4 Å². The smallest absolute Gasteiger partial charge is 0.123 e. The summed E-state index contributed by atoms with van der Waals surface area (Å²) in [7, 11) is 0. The monoisotopic (exact) mass is 495 g/mol. The lowest BCUT2D eigenvalue weighted by Crippen LogP contribution is -2.40. The minimum Gasteiger partial charge on any atom is -0.393 e. The zero-order valence-electron chi connectivity index (χ0n) is 20.9. The van der Waals surface area contributed by atoms with E-state index in [1.54, 1.807) is 12.1 Å². The first-order chi connectivity index (χ1) is 18.0. The van der Waals surface area contributed by atoms with Crippen molar-refractivity contribution < 1.29 is 9.50 Å². The zero-order chi connectivity index (χ0) is 25.4. The number of nitrogens with zero attached hydrogens (tertiary/aromatic N) is 4. The Morgan fingerprint density at radius 3 is 2.54 bits per heavy atom. The molecule has 6 nitrogen and oxygen atoms in total. The average molecular weight is 496 g/mol. The van der Waals surface area contributed by atoms with Gasteiger partial charge in [-0.3, -0.25) is 9.98 Å². The van der Waals surface area contributed by atoms with Gasteiger partial charge in [0.25, 0.3) is 0 Å². The molecule has 0 radical (unpaired) electrons. The van der Waals surface area contributed by atoms with Gasteiger partial charge in [0.05, 0.1) is 57.2 Å². The van der Waals surface area contributed by atoms with Gasteiger partial charge in [0.15, 0.2) is 0 Å². The van der Waals surface area contributed by atoms with E-state index in [4.69, 9.17) is 9.98 Å². The number of nitrogens with one attached hydrogen (secondary N) is 1. The zero-order valence-corrected chi connectivity index (χ0v) is 20.9. The summed E-state index contributed by atoms with van der Waals surface area (Å²) in [6.07, 6.45) is 11.1. The normalized spacial score (nSPS) is 19.7. The Morgan fingerprint density at radius 1 is 1.00 bits per heavy atom. The predicted octanol–water partition coefficient (Wildman–Crippen LogP) is 4.12. The van der Waals surface area contributed by atoms with Crippen molar-refractivity contribution in [1.82, 2.24) is 14.5 Å². The summed E-state index contributed by atoms with van der Waals surface area (Å²) in [5.41, 5.74) is 5.32. The van der Waals surface area contributed by atoms with Gasteiger partial charge in [-0.15, -0.1) is 0 Å². The van der Waals surface area contributed by atoms with Gasteiger partial charge in [-0.05, 0) is 94.0 Å². The summed E-state index contributed by atoms with van der Waals surface area (Å²) in [6, 6.07) is 14.9. The van der Waals surface area contributed by atoms with Crippen LogP contribution in [0.2, 0.25) is 0 Å². The summed E-state index contributed by atoms with van der Waals surface area (Å²) < 4.78 is 16.0. The van der Waals surface area contributed by atoms with Crippen molar-refractivity contribution in [1.29, 1.82) is 0 Å². The Morgan fingerprint density at radius 2 is 1.78 bits per heavy atom. The lowest BCUT2D eigenvalue weighted by molar-refractivity contribution is 0.123. The van der Waals surface area contributed by atoms with Crippen LogP contribution in [0.5, 0.6) is 0 Å². The number of benzene rings is 2. The Hall–Kier alpha value is -3.84. The van der Waals surface area contributed by atoms with Crippen LogP contribution in [0.3, 0.4) is 0 Å². The van der Waals surface area contributed by atoms with Crippen LogP contribution in [0.1, 0.15) is 44.2 Å². The number of aromatic nitrogens is 3. The third-order valence-corrected chi connectivity index (χ3v) is 7.18. The molecule has 1 aromatic heterocycles. The average Bonchev–Trinajstić information content (AvgIpc) is 2.91. The molecule has 37 heavy (non-hydrogen) atoms. The minimum absolute atomic E-state index is 0.141. The number of pyridine rings is 1. The first-order valence-electron chi connectivity index (χ1n) is 13.0. The van der Waals surface area contributed by atoms with E-state index >= 15 is 0 Å². The lowest BCUT2D eigenvalue weighted by Gasteiger charge is -2.23. The number of fused-ring (bicyclic) bond motifs is 2. The molecular formula is C30H30FN5O. The molecule has 2 N–H and O–H groups in total. The third kappa shape index (κ3) is 4.91. The molecule has 0 amide bonds. The SMILES string of the molecule is Cc1ccc(Nc2cc3nc4c(n(-c5ccc(F)cc5)c-3cc2=NC2CCC(O)CC2)=CCCC=4)cn1. The van der Waals surface area contributed by atoms with Crippen LogP contribution in [-0.2, 0) is 0 Å². The fourth-order valence-electron chi connectivity index (χ4n) is 5.21. The van der Waals surface area contributed by atoms with Crippen molar-refractivity contribution in [3.05, 3.63) is 82.3 Å². The number of hydrogen-bond acceptors (Lipinski definition) is 5. The van der Waals surface area contributed by atoms with Crippen LogP contribution in [0.25, 0.3) is 29.2 Å². The molecule has 6 rings (SSSR count). The number of halogens is 1. The second-order valence-electron chi connectivity index (χ2n) is 9.94. The fourth-order valence-corrected chi connectivity index (χ4v) is 5.21. The summed E-state index contributed by atoms with van der Waals surface area (Å²) in [5.74, 6) is -0.263. The lowest BCUT2D eigenvalue weighted by atomic mass is 9.93. The van der Waals surface area contributed by atoms with Crippen LogP contribution >= 0.6 is 0 Å². The second-order valence-corrected chi connectivity index (χ2v) is 9.94. The first kappa shape index (κ1) is 23.6. The molecule has 0 unspecified atom stereocenters. The minimum atomic E-state index is -0.263. The molecule has 0 atom stereocenters. The van der Waals surface area contributed by atoms with Crippen LogP contribution in [0.4, 0.5) is 15.8 Å². The van der Waals surface area contributed by atoms with Gasteiger partial charge in [-0.25, -0.2) is 9.37 Å². The number of aliphatic hydroxyl groups excluding tert-OH is 1. The van der Waals surface area contributed by atoms with E-state index in [-0.39, 0.29) is 18.0 Å². The number of rotatable bonds is 4. The standard InChI is InChI=1S/C30H30FN5O/c1-19-6-9-22(18-32-19)34-26-16-28-30(17-27(26)33-21-10-14-24(37)15-11-21)36(23-12-7-20(31)8-13-23)29-5-3-2-4-25(29)35-28/h4-9,12-13,16-18,21,24,34,37H,2-3,10-11,14-15H2,1H3. The Bertz CT molecular complexity index is 1580. The van der Waals surface area contributed by atoms with E-state index < -0.39 is 0 Å². The van der Waals surface area contributed by atoms with E-state index in [1.807, 2.05) is 25.3 Å². The third-order valence-electron chi connectivity index (χ3n) is 7.18. The van der Waals surface area contributed by atoms with Crippen molar-refractivity contribution in [3.8, 4) is 17.1 Å². The largest absolute Gasteiger partial charge is 0.393 e. The molecule has 2 aromatic rings. The van der Waals surface area contributed by atoms with Gasteiger partial charge >= 0.3 is 0 Å². The molecule has 188 valence electrons. The van der Waals surface area contributed by atoms with Gasteiger partial charge in [0.2, 0.25) is 0 Å². The molecular weight excluding hydrogens is 465 g/mol. The van der Waals surface area contributed by atoms with E-state index in [0.29, 0.717) is 0 Å². The van der Waals surface area contributed by atoms with E-state index in [2.05, 4.69) is 39.2 Å². The van der Waals surface area contributed by atoms with Crippen LogP contribution < -0.4 is 21.4 Å². The number of hydrogen-bond donors (Lipinski definition) is 2. The highest BCUT2D eigenvalue weighted by Gasteiger charge is 2.20. The highest BCUT2D eigenvalue weighted by atomic mass is 19.1. The molecule has 1 saturated carbocycles. The quantitative estimate of drug-likeness (QED) is 0.447. The maximum atomic E-state index is 13.8. The molecule has 7 heteroatoms. The van der Waals surface area contributed by atoms with Gasteiger partial charge < -0.3 is 15.0 Å². The Labute approximate surface area is 214 Å². The van der Waals surface area contributed by atoms with Crippen LogP contribution in [0, 0.1) is 12.7 Å². The first-order valence-corrected chi connectivity index (χ1v) is 13.0. The summed E-state index contributed by atoms with van der Waals surface area (Å²) in [4.78, 5) is 14.6. The summed E-state index contributed by atoms with van der Waals surface area (Å²) in [6.45, 7) is 1.97. The van der Waals surface area contributed by atoms with E-state index in [9.17, 15) is 9.50 Å². The van der Waals surface area contributed by atoms with Gasteiger partial charge in [0.1, 0.15) is 5.82 Å². The maximum Gasteiger partial charge on any atom is 0.123 e. The molecule has 1 fully saturated rings. The predicted molar refractivity (Wildman–Crippen MR) is 144 cm³/mol. The van der Waals surface area contributed by atoms with Crippen LogP contribution in [0.15, 0.2) is 59.7 Å². The Balaban J connectivity index is 1.59. The topological polar surface area (TPSA) is 75.3 Å². The molecule has 0 spiro atoms. The number of aryl methyl sites for hydroxylation is 1. The van der Waals surface area contributed by atoms with Crippen LogP contribution in [-0.4, -0.2) is 31.8 Å². The highest BCUT2D eigenvalue weighted by Crippen LogP contribution is 2.25. The molecule has 0 saturated heterocycles. The summed E-state index contributed by atoms with van der Waals surface area (Å²) >= 11 is 0. The molecule has 3 aliphatic carbocycles. The Kier molecular flexibility index (Phi) is 6.30. The maximum absolute atomic E-state index is 13.8. The van der Waals surface area contributed by atoms with E-state index in [0.717, 1.165) is 88.7 Å². The fraction of sp³-hybridized carbons (Fsp3) is 0.300. The molecule has 1 aliphatic heterocycles. The molecule has 1 aromatic carbocycles. The van der Waals surface area contributed by atoms with Crippen molar-refractivity contribution >= 4 is 23.5 Å². The molecule has 2 heterocycles. The van der Waals surface area contributed by atoms with Gasteiger partial charge in [-0.1, -0.05) is 12.2 Å². The van der Waals surface area contributed by atoms with Crippen molar-refractivity contribution in [2.24, 2.45) is 4.99 Å². The highest BCUT2D eigenvalue weighted by molar-refractivity contribution is 5.70. The van der Waals surface area contributed by atoms with E-state index in [1.165, 1.54) is 12.1 Å². The van der Waals surface area contributed by atoms with Gasteiger partial charge in [-0.2, -0.15) is 0 Å². The van der Waals surface area contributed by atoms with Crippen molar-refractivity contribution in [2.75, 3.05) is 5.32 Å². The van der Waals surface area contributed by atoms with Crippen molar-refractivity contribution in [2.45, 2.75) is 57.6 Å². The number of aliphatic hydroxyl groups is 1.